The number of hydrogen-bond donors (Lipinski definition) is 0. The van der Waals surface area contributed by atoms with Crippen LogP contribution in [0.4, 0.5) is 11.6 Å². The second-order valence-corrected chi connectivity index (χ2v) is 24.5. The fraction of sp³-hybridized carbons (Fsp3) is 0.342. The van der Waals surface area contributed by atoms with Gasteiger partial charge in [0.2, 0.25) is 0 Å². The molecule has 0 bridgehead atoms. The Morgan fingerprint density at radius 3 is 1.23 bits per heavy atom. The monoisotopic (exact) mass is 1280 g/mol. The van der Waals surface area contributed by atoms with Gasteiger partial charge < -0.3 is 38.7 Å². The highest BCUT2D eigenvalue weighted by molar-refractivity contribution is 5.94. The number of terminal acetylenes is 3. The SMILES string of the molecule is C#CC(=O)N1CC2(CCN(c3ccc(-c4cc(OCC)cn5ncc(C#N)c45)cn3)CC2)C1.C#CC(=O)N1CCC(c2ccc(-c3cc(OCC)cn4ncc(C#N)c34)cn2)CC1.C#CC(=O)N1CCC2(CC1)CN(c1ccc(-c3cc(OCC)cn4ncc(C#N)c34)cn1)C2. The van der Waals surface area contributed by atoms with E-state index in [1.54, 1.807) is 65.4 Å². The van der Waals surface area contributed by atoms with Crippen molar-refractivity contribution in [2.75, 3.05) is 95.1 Å². The summed E-state index contributed by atoms with van der Waals surface area (Å²) in [4.78, 5) is 59.0. The van der Waals surface area contributed by atoms with E-state index in [4.69, 9.17) is 48.4 Å². The zero-order valence-corrected chi connectivity index (χ0v) is 53.7. The fourth-order valence-corrected chi connectivity index (χ4v) is 13.7. The van der Waals surface area contributed by atoms with Crippen molar-refractivity contribution in [3.05, 3.63) is 133 Å². The van der Waals surface area contributed by atoms with Gasteiger partial charge in [-0.3, -0.25) is 19.4 Å². The van der Waals surface area contributed by atoms with Crippen LogP contribution >= 0.6 is 0 Å². The number of anilines is 2. The molecule has 5 aliphatic heterocycles. The summed E-state index contributed by atoms with van der Waals surface area (Å²) in [5.74, 6) is 10.1. The molecule has 3 amide bonds. The van der Waals surface area contributed by atoms with E-state index < -0.39 is 0 Å². The maximum atomic E-state index is 11.7. The molecule has 2 spiro atoms. The van der Waals surface area contributed by atoms with Crippen LogP contribution in [0.1, 0.15) is 87.6 Å². The summed E-state index contributed by atoms with van der Waals surface area (Å²) in [5, 5.41) is 41.4. The molecule has 96 heavy (non-hydrogen) atoms. The molecule has 5 saturated heterocycles. The van der Waals surface area contributed by atoms with Crippen molar-refractivity contribution in [2.45, 2.75) is 65.2 Å². The molecule has 0 radical (unpaired) electrons. The van der Waals surface area contributed by atoms with Gasteiger partial charge in [-0.1, -0.05) is 6.07 Å². The van der Waals surface area contributed by atoms with Crippen LogP contribution < -0.4 is 24.0 Å². The molecule has 23 heteroatoms. The lowest BCUT2D eigenvalue weighted by atomic mass is 9.72. The number of nitriles is 3. The Kier molecular flexibility index (Phi) is 18.5. The third-order valence-electron chi connectivity index (χ3n) is 18.8. The van der Waals surface area contributed by atoms with Gasteiger partial charge in [0.1, 0.15) is 47.1 Å². The van der Waals surface area contributed by atoms with E-state index in [0.717, 1.165) is 158 Å². The van der Waals surface area contributed by atoms with Crippen LogP contribution in [0.5, 0.6) is 17.2 Å². The quantitative estimate of drug-likeness (QED) is 0.104. The van der Waals surface area contributed by atoms with Crippen LogP contribution in [-0.4, -0.2) is 161 Å². The van der Waals surface area contributed by atoms with Crippen LogP contribution in [-0.2, 0) is 14.4 Å². The number of carbonyl (C=O) groups is 3. The van der Waals surface area contributed by atoms with Gasteiger partial charge in [-0.15, -0.1) is 19.3 Å². The molecular formula is C73H69N17O6. The molecule has 14 rings (SSSR count). The predicted octanol–water partition coefficient (Wildman–Crippen LogP) is 8.46. The van der Waals surface area contributed by atoms with Gasteiger partial charge in [0.05, 0.1) is 90.2 Å². The van der Waals surface area contributed by atoms with E-state index in [-0.39, 0.29) is 28.6 Å². The maximum absolute atomic E-state index is 11.7. The number of ether oxygens (including phenoxy) is 3. The van der Waals surface area contributed by atoms with E-state index in [9.17, 15) is 30.2 Å². The Morgan fingerprint density at radius 2 is 0.854 bits per heavy atom. The number of carbonyl (C=O) groups excluding carboxylic acids is 3. The average Bonchev–Trinajstić information content (AvgIpc) is 1.39. The van der Waals surface area contributed by atoms with E-state index in [2.05, 4.69) is 61.1 Å². The topological polar surface area (TPSA) is 257 Å². The van der Waals surface area contributed by atoms with Gasteiger partial charge in [0.25, 0.3) is 17.7 Å². The van der Waals surface area contributed by atoms with Crippen LogP contribution in [0, 0.1) is 81.9 Å². The molecule has 0 aliphatic carbocycles. The molecule has 0 unspecified atom stereocenters. The zero-order chi connectivity index (χ0) is 67.1. The van der Waals surface area contributed by atoms with Crippen LogP contribution in [0.15, 0.2) is 110 Å². The average molecular weight is 1280 g/mol. The fourth-order valence-electron chi connectivity index (χ4n) is 13.7. The molecule has 9 aromatic heterocycles. The molecule has 5 aliphatic rings. The minimum absolute atomic E-state index is 0.198. The summed E-state index contributed by atoms with van der Waals surface area (Å²) in [6.07, 6.45) is 36.9. The number of pyridine rings is 6. The van der Waals surface area contributed by atoms with Crippen LogP contribution in [0.3, 0.4) is 0 Å². The van der Waals surface area contributed by atoms with Crippen molar-refractivity contribution in [3.63, 3.8) is 0 Å². The number of rotatable bonds is 12. The highest BCUT2D eigenvalue weighted by Gasteiger charge is 2.47. The number of nitrogens with zero attached hydrogens (tertiary/aromatic N) is 17. The summed E-state index contributed by atoms with van der Waals surface area (Å²) in [6.45, 7) is 15.3. The van der Waals surface area contributed by atoms with Crippen LogP contribution in [0.25, 0.3) is 49.9 Å². The Balaban J connectivity index is 0.000000138. The summed E-state index contributed by atoms with van der Waals surface area (Å²) in [6, 6.07) is 24.6. The zero-order valence-electron chi connectivity index (χ0n) is 53.7. The standard InChI is InChI=1S/2C25H24N6O2.C23H21N5O2/c1-3-23(32)29-9-7-25(8-10-29)16-30(17-25)22-6-5-18(13-27-22)21-11-20(33-4-2)15-31-24(21)19(12-26)14-28-31;1-3-23(32)30-16-25(17-30)7-9-29(10-8-25)22-6-5-18(13-27-22)21-11-20(33-4-2)15-31-24(21)19(12-26)14-28-31;1-3-22(29)27-9-7-16(8-10-27)21-6-5-17(13-25-21)20-11-19(30-4-2)15-28-23(20)18(12-24)14-26-28/h2*1,5-6,11,13-15H,4,7-10,16-17H2,2H3;1,5-6,11,13-16H,4,7-10H2,2H3. The van der Waals surface area contributed by atoms with Crippen molar-refractivity contribution < 1.29 is 28.6 Å². The van der Waals surface area contributed by atoms with Gasteiger partial charge in [0.15, 0.2) is 0 Å². The van der Waals surface area contributed by atoms with E-state index >= 15 is 0 Å². The van der Waals surface area contributed by atoms with E-state index in [1.165, 1.54) is 0 Å². The number of fused-ring (bicyclic) bond motifs is 3. The Hall–Kier alpha value is -11.9. The highest BCUT2D eigenvalue weighted by Crippen LogP contribution is 2.44. The Labute approximate surface area is 556 Å². The second kappa shape index (κ2) is 27.7. The van der Waals surface area contributed by atoms with E-state index in [0.29, 0.717) is 72.8 Å². The molecule has 5 fully saturated rings. The Bertz CT molecular complexity index is 4660. The number of likely N-dealkylation sites (tertiary alicyclic amines) is 3. The number of piperidine rings is 3. The lowest BCUT2D eigenvalue weighted by Gasteiger charge is -2.54. The first kappa shape index (κ1) is 64.2. The minimum Gasteiger partial charge on any atom is -0.492 e. The minimum atomic E-state index is -0.246. The van der Waals surface area contributed by atoms with Gasteiger partial charge in [-0.05, 0) is 126 Å². The third kappa shape index (κ3) is 13.0. The maximum Gasteiger partial charge on any atom is 0.298 e. The van der Waals surface area contributed by atoms with Crippen molar-refractivity contribution in [2.24, 2.45) is 10.8 Å². The normalized spacial score (nSPS) is 16.0. The third-order valence-corrected chi connectivity index (χ3v) is 18.8. The molecular weight excluding hydrogens is 1210 g/mol. The summed E-state index contributed by atoms with van der Waals surface area (Å²) in [7, 11) is 0. The summed E-state index contributed by atoms with van der Waals surface area (Å²) in [5.41, 5.74) is 10.4. The number of aromatic nitrogens is 9. The molecule has 0 atom stereocenters. The molecule has 0 saturated carbocycles. The van der Waals surface area contributed by atoms with Gasteiger partial charge in [-0.2, -0.15) is 31.1 Å². The molecule has 14 heterocycles. The number of hydrogen-bond acceptors (Lipinski definition) is 17. The van der Waals surface area contributed by atoms with Gasteiger partial charge >= 0.3 is 0 Å². The predicted molar refractivity (Wildman–Crippen MR) is 359 cm³/mol. The molecule has 9 aromatic rings. The van der Waals surface area contributed by atoms with Crippen molar-refractivity contribution >= 4 is 45.9 Å². The molecule has 482 valence electrons. The van der Waals surface area contributed by atoms with Crippen molar-refractivity contribution in [1.82, 2.24) is 58.5 Å². The smallest absolute Gasteiger partial charge is 0.298 e. The molecule has 0 aromatic carbocycles. The van der Waals surface area contributed by atoms with Gasteiger partial charge in [0, 0.05) is 140 Å². The lowest BCUT2D eigenvalue weighted by Crippen LogP contribution is -2.61. The molecule has 0 N–H and O–H groups in total. The van der Waals surface area contributed by atoms with Crippen molar-refractivity contribution in [3.8, 4) is 106 Å². The van der Waals surface area contributed by atoms with E-state index in [1.807, 2.05) is 94.0 Å². The number of amides is 3. The Morgan fingerprint density at radius 1 is 0.479 bits per heavy atom. The largest absolute Gasteiger partial charge is 0.492 e. The van der Waals surface area contributed by atoms with Crippen LogP contribution in [0.2, 0.25) is 0 Å². The highest BCUT2D eigenvalue weighted by atomic mass is 16.5. The second-order valence-electron chi connectivity index (χ2n) is 24.5. The summed E-state index contributed by atoms with van der Waals surface area (Å²) < 4.78 is 22.1. The van der Waals surface area contributed by atoms with Gasteiger partial charge in [-0.25, -0.2) is 23.5 Å². The van der Waals surface area contributed by atoms with Crippen molar-refractivity contribution in [1.29, 1.82) is 15.8 Å². The first-order valence-electron chi connectivity index (χ1n) is 32.0. The molecule has 23 nitrogen and oxygen atoms in total. The summed E-state index contributed by atoms with van der Waals surface area (Å²) >= 11 is 0. The first-order chi connectivity index (χ1) is 46.7. The lowest BCUT2D eigenvalue weighted by molar-refractivity contribution is -0.138. The first-order valence-corrected chi connectivity index (χ1v) is 32.0.